The molecule has 0 amide bonds. The lowest BCUT2D eigenvalue weighted by Crippen LogP contribution is -2.22. The maximum absolute atomic E-state index is 12.9. The summed E-state index contributed by atoms with van der Waals surface area (Å²) in [5.74, 6) is 0. The Kier molecular flexibility index (Phi) is 7.06. The van der Waals surface area contributed by atoms with E-state index in [0.717, 1.165) is 45.5 Å². The predicted octanol–water partition coefficient (Wildman–Crippen LogP) is 5.53. The summed E-state index contributed by atoms with van der Waals surface area (Å²) in [4.78, 5) is 3.95. The standard InChI is InChI=1S/C23H21Cl2N7O2S2/c24-17-7-6-16(20(12-17)26-8-11-31-9-1-2-10-31)13-27-19-4-3-5-21-18(19)14-29-32(21)36(33,34)30-23-28-15-22(25)35-23/h1-7,9-10,12,14-15,26-27H,8,11,13H2,(H,28,30). The Morgan fingerprint density at radius 1 is 0.972 bits per heavy atom. The number of halogens is 2. The number of anilines is 3. The number of hydrogen-bond acceptors (Lipinski definition) is 7. The molecule has 5 aromatic rings. The van der Waals surface area contributed by atoms with Crippen molar-refractivity contribution in [2.75, 3.05) is 21.9 Å². The second-order valence-electron chi connectivity index (χ2n) is 7.81. The van der Waals surface area contributed by atoms with Crippen LogP contribution in [-0.4, -0.2) is 33.7 Å². The highest BCUT2D eigenvalue weighted by Gasteiger charge is 2.20. The zero-order valence-electron chi connectivity index (χ0n) is 18.7. The Bertz CT molecular complexity index is 1600. The van der Waals surface area contributed by atoms with Gasteiger partial charge in [0.2, 0.25) is 0 Å². The van der Waals surface area contributed by atoms with Gasteiger partial charge in [0.25, 0.3) is 0 Å². The lowest BCUT2D eigenvalue weighted by Gasteiger charge is -2.15. The number of nitrogens with one attached hydrogen (secondary N) is 3. The third-order valence-electron chi connectivity index (χ3n) is 5.40. The summed E-state index contributed by atoms with van der Waals surface area (Å²) in [5, 5.41) is 12.4. The zero-order chi connectivity index (χ0) is 25.1. The van der Waals surface area contributed by atoms with Crippen LogP contribution in [0.1, 0.15) is 5.56 Å². The Hall–Kier alpha value is -3.25. The number of rotatable bonds is 10. The highest BCUT2D eigenvalue weighted by molar-refractivity contribution is 7.91. The molecule has 0 spiro atoms. The van der Waals surface area contributed by atoms with E-state index in [4.69, 9.17) is 23.2 Å². The fourth-order valence-corrected chi connectivity index (χ4v) is 5.99. The van der Waals surface area contributed by atoms with Crippen molar-refractivity contribution in [3.63, 3.8) is 0 Å². The molecular formula is C23H21Cl2N7O2S2. The van der Waals surface area contributed by atoms with Crippen LogP contribution in [0.4, 0.5) is 16.5 Å². The minimum atomic E-state index is -4.02. The molecule has 36 heavy (non-hydrogen) atoms. The van der Waals surface area contributed by atoms with Gasteiger partial charge in [0.05, 0.1) is 17.9 Å². The van der Waals surface area contributed by atoms with Crippen LogP contribution in [0, 0.1) is 0 Å². The molecule has 0 atom stereocenters. The molecule has 13 heteroatoms. The summed E-state index contributed by atoms with van der Waals surface area (Å²) in [6.07, 6.45) is 6.94. The molecule has 0 fully saturated rings. The Morgan fingerprint density at radius 3 is 2.58 bits per heavy atom. The molecule has 3 aromatic heterocycles. The van der Waals surface area contributed by atoms with Crippen molar-refractivity contribution in [2.24, 2.45) is 0 Å². The number of hydrogen-bond donors (Lipinski definition) is 3. The summed E-state index contributed by atoms with van der Waals surface area (Å²) in [5.41, 5.74) is 3.13. The minimum absolute atomic E-state index is 0.164. The summed E-state index contributed by atoms with van der Waals surface area (Å²) in [6.45, 7) is 2.05. The maximum Gasteiger partial charge on any atom is 0.345 e. The van der Waals surface area contributed by atoms with Crippen LogP contribution in [-0.2, 0) is 23.3 Å². The van der Waals surface area contributed by atoms with E-state index in [1.165, 1.54) is 12.4 Å². The Labute approximate surface area is 221 Å². The van der Waals surface area contributed by atoms with Gasteiger partial charge in [-0.05, 0) is 42.0 Å². The highest BCUT2D eigenvalue weighted by atomic mass is 35.5. The van der Waals surface area contributed by atoms with Crippen LogP contribution in [0.2, 0.25) is 9.36 Å². The smallest absolute Gasteiger partial charge is 0.345 e. The van der Waals surface area contributed by atoms with E-state index in [0.29, 0.717) is 26.8 Å². The fourth-order valence-electron chi connectivity index (χ4n) is 3.73. The normalized spacial score (nSPS) is 11.6. The van der Waals surface area contributed by atoms with Gasteiger partial charge in [-0.15, -0.1) is 4.09 Å². The van der Waals surface area contributed by atoms with Gasteiger partial charge in [0.1, 0.15) is 4.34 Å². The van der Waals surface area contributed by atoms with Crippen molar-refractivity contribution < 1.29 is 8.42 Å². The lowest BCUT2D eigenvalue weighted by atomic mass is 10.1. The topological polar surface area (TPSA) is 106 Å². The molecular weight excluding hydrogens is 541 g/mol. The zero-order valence-corrected chi connectivity index (χ0v) is 21.9. The molecule has 0 saturated heterocycles. The molecule has 186 valence electrons. The monoisotopic (exact) mass is 561 g/mol. The number of benzene rings is 2. The minimum Gasteiger partial charge on any atom is -0.383 e. The molecule has 0 bridgehead atoms. The van der Waals surface area contributed by atoms with Crippen LogP contribution in [0.3, 0.4) is 0 Å². The van der Waals surface area contributed by atoms with Crippen molar-refractivity contribution in [2.45, 2.75) is 13.1 Å². The van der Waals surface area contributed by atoms with Crippen molar-refractivity contribution in [1.29, 1.82) is 0 Å². The largest absolute Gasteiger partial charge is 0.383 e. The summed E-state index contributed by atoms with van der Waals surface area (Å²) in [7, 11) is -4.02. The first-order valence-electron chi connectivity index (χ1n) is 10.9. The third kappa shape index (κ3) is 5.44. The molecule has 0 aliphatic heterocycles. The Balaban J connectivity index is 1.33. The number of nitrogens with zero attached hydrogens (tertiary/aromatic N) is 4. The molecule has 0 aliphatic carbocycles. The van der Waals surface area contributed by atoms with E-state index in [9.17, 15) is 8.42 Å². The van der Waals surface area contributed by atoms with Crippen molar-refractivity contribution in [3.05, 3.63) is 88.2 Å². The maximum atomic E-state index is 12.9. The van der Waals surface area contributed by atoms with E-state index in [2.05, 4.69) is 30.0 Å². The average molecular weight is 563 g/mol. The van der Waals surface area contributed by atoms with E-state index < -0.39 is 10.2 Å². The summed E-state index contributed by atoms with van der Waals surface area (Å²) >= 11 is 13.1. The molecule has 2 aromatic carbocycles. The van der Waals surface area contributed by atoms with Crippen LogP contribution < -0.4 is 15.4 Å². The SMILES string of the molecule is O=S(=O)(Nc1ncc(Cl)s1)n1ncc2c(NCc3ccc(Cl)cc3NCCn3cccc3)cccc21. The van der Waals surface area contributed by atoms with Gasteiger partial charge in [-0.25, -0.2) is 9.71 Å². The highest BCUT2D eigenvalue weighted by Crippen LogP contribution is 2.28. The van der Waals surface area contributed by atoms with E-state index in [-0.39, 0.29) is 5.13 Å². The second-order valence-corrected chi connectivity index (χ2v) is 11.4. The van der Waals surface area contributed by atoms with Gasteiger partial charge in [-0.1, -0.05) is 46.7 Å². The van der Waals surface area contributed by atoms with E-state index >= 15 is 0 Å². The molecule has 3 heterocycles. The van der Waals surface area contributed by atoms with Crippen molar-refractivity contribution >= 4 is 72.2 Å². The van der Waals surface area contributed by atoms with Gasteiger partial charge in [0, 0.05) is 53.8 Å². The van der Waals surface area contributed by atoms with E-state index in [1.54, 1.807) is 12.1 Å². The Morgan fingerprint density at radius 2 is 1.81 bits per heavy atom. The van der Waals surface area contributed by atoms with Crippen molar-refractivity contribution in [1.82, 2.24) is 18.7 Å². The van der Waals surface area contributed by atoms with Crippen molar-refractivity contribution in [3.8, 4) is 0 Å². The fraction of sp³-hybridized carbons (Fsp3) is 0.130. The molecule has 0 unspecified atom stereocenters. The number of aromatic nitrogens is 4. The van der Waals surface area contributed by atoms with Crippen LogP contribution in [0.5, 0.6) is 0 Å². The molecule has 0 saturated carbocycles. The lowest BCUT2D eigenvalue weighted by molar-refractivity contribution is 0.588. The predicted molar refractivity (Wildman–Crippen MR) is 146 cm³/mol. The first kappa shape index (κ1) is 24.4. The summed E-state index contributed by atoms with van der Waals surface area (Å²) < 4.78 is 31.6. The number of fused-ring (bicyclic) bond motifs is 1. The third-order valence-corrected chi connectivity index (χ3v) is 7.99. The van der Waals surface area contributed by atoms with Crippen LogP contribution in [0.15, 0.2) is 73.3 Å². The van der Waals surface area contributed by atoms with Gasteiger partial charge < -0.3 is 15.2 Å². The summed E-state index contributed by atoms with van der Waals surface area (Å²) in [6, 6.07) is 15.0. The first-order chi connectivity index (χ1) is 17.4. The molecule has 5 rings (SSSR count). The first-order valence-corrected chi connectivity index (χ1v) is 13.9. The van der Waals surface area contributed by atoms with Gasteiger partial charge in [-0.3, -0.25) is 0 Å². The second kappa shape index (κ2) is 10.4. The quantitative estimate of drug-likeness (QED) is 0.207. The molecule has 0 aliphatic rings. The van der Waals surface area contributed by atoms with E-state index in [1.807, 2.05) is 48.8 Å². The van der Waals surface area contributed by atoms with Crippen LogP contribution in [0.25, 0.3) is 10.9 Å². The van der Waals surface area contributed by atoms with Gasteiger partial charge in [0.15, 0.2) is 5.13 Å². The molecule has 0 radical (unpaired) electrons. The molecule has 3 N–H and O–H groups in total. The van der Waals surface area contributed by atoms with Crippen LogP contribution >= 0.6 is 34.5 Å². The number of thiazole rings is 1. The average Bonchev–Trinajstić information content (AvgIpc) is 3.60. The van der Waals surface area contributed by atoms with Gasteiger partial charge in [-0.2, -0.15) is 13.5 Å². The van der Waals surface area contributed by atoms with Gasteiger partial charge >= 0.3 is 10.2 Å². The molecule has 9 nitrogen and oxygen atoms in total.